The largest absolute Gasteiger partial charge is 0.473 e. The monoisotopic (exact) mass is 290 g/mol. The zero-order valence-electron chi connectivity index (χ0n) is 12.4. The maximum Gasteiger partial charge on any atom is 0.219 e. The standard InChI is InChI=1S/C15H19FN4O/c1-15(2,3)14-18-12(20-17)8-13(19-14)21-9-10-6-4-5-7-11(10)16/h4-8H,9,17H2,1-3H3,(H,18,19,20). The van der Waals surface area contributed by atoms with Gasteiger partial charge in [-0.2, -0.15) is 4.98 Å². The van der Waals surface area contributed by atoms with Crippen molar-refractivity contribution < 1.29 is 9.13 Å². The molecule has 3 N–H and O–H groups in total. The Morgan fingerprint density at radius 3 is 2.57 bits per heavy atom. The van der Waals surface area contributed by atoms with Gasteiger partial charge < -0.3 is 10.2 Å². The molecule has 0 atom stereocenters. The molecule has 0 unspecified atom stereocenters. The highest BCUT2D eigenvalue weighted by Crippen LogP contribution is 2.23. The van der Waals surface area contributed by atoms with Gasteiger partial charge in [0.2, 0.25) is 5.88 Å². The second-order valence-corrected chi connectivity index (χ2v) is 5.69. The minimum absolute atomic E-state index is 0.0945. The zero-order chi connectivity index (χ0) is 15.5. The molecule has 1 aromatic carbocycles. The van der Waals surface area contributed by atoms with Gasteiger partial charge in [0.15, 0.2) is 0 Å². The summed E-state index contributed by atoms with van der Waals surface area (Å²) in [6.07, 6.45) is 0. The third-order valence-corrected chi connectivity index (χ3v) is 2.85. The van der Waals surface area contributed by atoms with Gasteiger partial charge in [-0.25, -0.2) is 15.2 Å². The van der Waals surface area contributed by atoms with Crippen molar-refractivity contribution in [2.75, 3.05) is 5.43 Å². The molecule has 5 nitrogen and oxygen atoms in total. The highest BCUT2D eigenvalue weighted by atomic mass is 19.1. The molecule has 1 heterocycles. The molecule has 0 saturated carbocycles. The zero-order valence-corrected chi connectivity index (χ0v) is 12.4. The van der Waals surface area contributed by atoms with Gasteiger partial charge in [0.1, 0.15) is 24.1 Å². The molecule has 0 aliphatic heterocycles. The van der Waals surface area contributed by atoms with Crippen molar-refractivity contribution >= 4 is 5.82 Å². The van der Waals surface area contributed by atoms with E-state index in [2.05, 4.69) is 15.4 Å². The fourth-order valence-electron chi connectivity index (χ4n) is 1.68. The van der Waals surface area contributed by atoms with Crippen molar-refractivity contribution in [2.45, 2.75) is 32.8 Å². The summed E-state index contributed by atoms with van der Waals surface area (Å²) in [6, 6.07) is 8.04. The summed E-state index contributed by atoms with van der Waals surface area (Å²) >= 11 is 0. The summed E-state index contributed by atoms with van der Waals surface area (Å²) in [4.78, 5) is 8.64. The number of rotatable bonds is 4. The van der Waals surface area contributed by atoms with Gasteiger partial charge in [0, 0.05) is 17.0 Å². The minimum atomic E-state index is -0.306. The molecule has 0 aliphatic rings. The number of nitrogens with zero attached hydrogens (tertiary/aromatic N) is 2. The van der Waals surface area contributed by atoms with Crippen LogP contribution >= 0.6 is 0 Å². The highest BCUT2D eigenvalue weighted by Gasteiger charge is 2.19. The molecule has 1 aromatic heterocycles. The fraction of sp³-hybridized carbons (Fsp3) is 0.333. The molecular weight excluding hydrogens is 271 g/mol. The number of nitrogens with two attached hydrogens (primary N) is 1. The number of halogens is 1. The number of anilines is 1. The summed E-state index contributed by atoms with van der Waals surface area (Å²) in [7, 11) is 0. The van der Waals surface area contributed by atoms with E-state index in [4.69, 9.17) is 10.6 Å². The van der Waals surface area contributed by atoms with Crippen LogP contribution in [0.5, 0.6) is 5.88 Å². The molecule has 2 aromatic rings. The Bertz CT molecular complexity index is 625. The van der Waals surface area contributed by atoms with Gasteiger partial charge in [-0.15, -0.1) is 0 Å². The number of nitrogen functional groups attached to an aromatic ring is 1. The third kappa shape index (κ3) is 3.88. The van der Waals surface area contributed by atoms with Crippen LogP contribution in [0.4, 0.5) is 10.2 Å². The van der Waals surface area contributed by atoms with Crippen LogP contribution in [0.2, 0.25) is 0 Å². The van der Waals surface area contributed by atoms with E-state index < -0.39 is 0 Å². The molecule has 0 aliphatic carbocycles. The van der Waals surface area contributed by atoms with Gasteiger partial charge in [-0.1, -0.05) is 39.0 Å². The number of hydrogen-bond acceptors (Lipinski definition) is 5. The van der Waals surface area contributed by atoms with Crippen molar-refractivity contribution in [1.29, 1.82) is 0 Å². The molecule has 0 saturated heterocycles. The molecule has 0 bridgehead atoms. The van der Waals surface area contributed by atoms with Crippen LogP contribution in [0.15, 0.2) is 30.3 Å². The topological polar surface area (TPSA) is 73.1 Å². The average Bonchev–Trinajstić information content (AvgIpc) is 2.45. The minimum Gasteiger partial charge on any atom is -0.473 e. The fourth-order valence-corrected chi connectivity index (χ4v) is 1.68. The van der Waals surface area contributed by atoms with E-state index in [0.717, 1.165) is 0 Å². The third-order valence-electron chi connectivity index (χ3n) is 2.85. The Hall–Kier alpha value is -2.21. The quantitative estimate of drug-likeness (QED) is 0.669. The number of aromatic nitrogens is 2. The molecular formula is C15H19FN4O. The summed E-state index contributed by atoms with van der Waals surface area (Å²) in [5.74, 6) is 6.51. The van der Waals surface area contributed by atoms with Gasteiger partial charge >= 0.3 is 0 Å². The van der Waals surface area contributed by atoms with Gasteiger partial charge in [-0.05, 0) is 6.07 Å². The van der Waals surface area contributed by atoms with E-state index >= 15 is 0 Å². The maximum absolute atomic E-state index is 13.6. The SMILES string of the molecule is CC(C)(C)c1nc(NN)cc(OCc2ccccc2F)n1. The van der Waals surface area contributed by atoms with E-state index in [1.165, 1.54) is 6.07 Å². The molecule has 2 rings (SSSR count). The summed E-state index contributed by atoms with van der Waals surface area (Å²) in [5, 5.41) is 0. The average molecular weight is 290 g/mol. The van der Waals surface area contributed by atoms with E-state index in [-0.39, 0.29) is 17.8 Å². The lowest BCUT2D eigenvalue weighted by Crippen LogP contribution is -2.19. The second-order valence-electron chi connectivity index (χ2n) is 5.69. The highest BCUT2D eigenvalue weighted by molar-refractivity contribution is 5.38. The number of hydrogen-bond donors (Lipinski definition) is 2. The number of hydrazine groups is 1. The van der Waals surface area contributed by atoms with Gasteiger partial charge in [0.25, 0.3) is 0 Å². The lowest BCUT2D eigenvalue weighted by Gasteiger charge is -2.18. The first-order valence-corrected chi connectivity index (χ1v) is 6.62. The van der Waals surface area contributed by atoms with Crippen molar-refractivity contribution in [2.24, 2.45) is 5.84 Å². The lowest BCUT2D eigenvalue weighted by atomic mass is 9.96. The van der Waals surface area contributed by atoms with Crippen molar-refractivity contribution in [3.8, 4) is 5.88 Å². The first-order valence-electron chi connectivity index (χ1n) is 6.62. The van der Waals surface area contributed by atoms with Crippen LogP contribution in [-0.2, 0) is 12.0 Å². The van der Waals surface area contributed by atoms with Crippen molar-refractivity contribution in [3.63, 3.8) is 0 Å². The van der Waals surface area contributed by atoms with Crippen LogP contribution in [-0.4, -0.2) is 9.97 Å². The van der Waals surface area contributed by atoms with E-state index in [0.29, 0.717) is 23.1 Å². The molecule has 0 fully saturated rings. The van der Waals surface area contributed by atoms with E-state index in [1.54, 1.807) is 24.3 Å². The van der Waals surface area contributed by atoms with Gasteiger partial charge in [-0.3, -0.25) is 0 Å². The predicted molar refractivity (Wildman–Crippen MR) is 79.3 cm³/mol. The predicted octanol–water partition coefficient (Wildman–Crippen LogP) is 2.78. The van der Waals surface area contributed by atoms with Crippen LogP contribution in [0.25, 0.3) is 0 Å². The van der Waals surface area contributed by atoms with Crippen molar-refractivity contribution in [1.82, 2.24) is 9.97 Å². The smallest absolute Gasteiger partial charge is 0.219 e. The summed E-state index contributed by atoms with van der Waals surface area (Å²) in [5.41, 5.74) is 2.71. The Morgan fingerprint density at radius 1 is 1.24 bits per heavy atom. The molecule has 112 valence electrons. The number of benzene rings is 1. The number of ether oxygens (including phenoxy) is 1. The van der Waals surface area contributed by atoms with Gasteiger partial charge in [0.05, 0.1) is 0 Å². The molecule has 21 heavy (non-hydrogen) atoms. The Morgan fingerprint density at radius 2 is 1.95 bits per heavy atom. The van der Waals surface area contributed by atoms with Crippen molar-refractivity contribution in [3.05, 3.63) is 47.5 Å². The van der Waals surface area contributed by atoms with Crippen LogP contribution in [0, 0.1) is 5.82 Å². The van der Waals surface area contributed by atoms with Crippen LogP contribution in [0.1, 0.15) is 32.2 Å². The van der Waals surface area contributed by atoms with Crippen LogP contribution < -0.4 is 16.0 Å². The summed E-state index contributed by atoms with van der Waals surface area (Å²) < 4.78 is 19.1. The normalized spacial score (nSPS) is 11.3. The maximum atomic E-state index is 13.6. The first kappa shape index (κ1) is 15.2. The lowest BCUT2D eigenvalue weighted by molar-refractivity contribution is 0.284. The second kappa shape index (κ2) is 6.05. The van der Waals surface area contributed by atoms with E-state index in [1.807, 2.05) is 20.8 Å². The Labute approximate surface area is 123 Å². The van der Waals surface area contributed by atoms with Crippen LogP contribution in [0.3, 0.4) is 0 Å². The molecule has 0 radical (unpaired) electrons. The molecule has 6 heteroatoms. The van der Waals surface area contributed by atoms with E-state index in [9.17, 15) is 4.39 Å². The number of nitrogens with one attached hydrogen (secondary N) is 1. The molecule has 0 amide bonds. The molecule has 0 spiro atoms. The first-order chi connectivity index (χ1) is 9.90. The Kier molecular flexibility index (Phi) is 4.37. The summed E-state index contributed by atoms with van der Waals surface area (Å²) in [6.45, 7) is 6.06. The Balaban J connectivity index is 2.22.